The van der Waals surface area contributed by atoms with E-state index in [1.165, 1.54) is 64.1 Å². The number of nitrogens with zero attached hydrogens (tertiary/aromatic N) is 6. The summed E-state index contributed by atoms with van der Waals surface area (Å²) >= 11 is 0.721. The van der Waals surface area contributed by atoms with Crippen molar-refractivity contribution in [1.82, 2.24) is 24.3 Å². The first-order valence-electron chi connectivity index (χ1n) is 10.8. The molecule has 0 fully saturated rings. The fourth-order valence-corrected chi connectivity index (χ4v) is 4.17. The largest absolute Gasteiger partial charge is 0.462 e. The van der Waals surface area contributed by atoms with E-state index in [0.717, 1.165) is 11.3 Å². The van der Waals surface area contributed by atoms with Gasteiger partial charge in [-0.1, -0.05) is 11.3 Å². The van der Waals surface area contributed by atoms with E-state index in [9.17, 15) is 24.1 Å². The maximum Gasteiger partial charge on any atom is 0.339 e. The first-order valence-corrected chi connectivity index (χ1v) is 11.6. The molecule has 4 aromatic heterocycles. The van der Waals surface area contributed by atoms with E-state index in [1.54, 1.807) is 13.1 Å². The Labute approximate surface area is 211 Å². The maximum atomic E-state index is 13.5. The van der Waals surface area contributed by atoms with Gasteiger partial charge >= 0.3 is 11.0 Å². The minimum absolute atomic E-state index is 0.0841. The van der Waals surface area contributed by atoms with Crippen molar-refractivity contribution < 1.29 is 23.6 Å². The number of aromatic nitrogens is 5. The number of thiophene rings is 1. The molecule has 0 atom stereocenters. The molecular weight excluding hydrogens is 505 g/mol. The summed E-state index contributed by atoms with van der Waals surface area (Å²) in [6, 6.07) is 9.69. The zero-order chi connectivity index (χ0) is 26.1. The summed E-state index contributed by atoms with van der Waals surface area (Å²) in [5.74, 6) is -1.38. The van der Waals surface area contributed by atoms with Crippen molar-refractivity contribution in [1.29, 1.82) is 0 Å². The predicted molar refractivity (Wildman–Crippen MR) is 131 cm³/mol. The van der Waals surface area contributed by atoms with Crippen molar-refractivity contribution in [2.24, 2.45) is 0 Å². The fraction of sp³-hybridized carbons (Fsp3) is 0.0870. The van der Waals surface area contributed by atoms with Gasteiger partial charge in [0, 0.05) is 18.5 Å². The minimum Gasteiger partial charge on any atom is -0.462 e. The van der Waals surface area contributed by atoms with E-state index in [0.29, 0.717) is 11.1 Å². The minimum atomic E-state index is -0.613. The Hall–Kier alpha value is -4.98. The molecular formula is C23H16FN7O5S. The highest BCUT2D eigenvalue weighted by Gasteiger charge is 2.21. The van der Waals surface area contributed by atoms with Gasteiger partial charge in [0.05, 0.1) is 39.2 Å². The number of ether oxygens (including phenoxy) is 1. The number of halogens is 1. The van der Waals surface area contributed by atoms with Crippen LogP contribution in [0.4, 0.5) is 15.2 Å². The first-order chi connectivity index (χ1) is 17.8. The van der Waals surface area contributed by atoms with Crippen molar-refractivity contribution >= 4 is 45.1 Å². The van der Waals surface area contributed by atoms with Crippen molar-refractivity contribution in [2.75, 3.05) is 11.9 Å². The summed E-state index contributed by atoms with van der Waals surface area (Å²) in [4.78, 5) is 44.6. The van der Waals surface area contributed by atoms with Gasteiger partial charge in [-0.2, -0.15) is 15.1 Å². The molecule has 14 heteroatoms. The van der Waals surface area contributed by atoms with Gasteiger partial charge in [0.25, 0.3) is 5.91 Å². The average molecular weight is 521 g/mol. The maximum absolute atomic E-state index is 13.5. The molecule has 0 radical (unpaired) electrons. The van der Waals surface area contributed by atoms with E-state index in [-0.39, 0.29) is 39.5 Å². The number of amides is 1. The quantitative estimate of drug-likeness (QED) is 0.191. The summed E-state index contributed by atoms with van der Waals surface area (Å²) in [5.41, 5.74) is 1.07. The van der Waals surface area contributed by atoms with Crippen molar-refractivity contribution in [2.45, 2.75) is 6.92 Å². The Kier molecular flexibility index (Phi) is 6.15. The van der Waals surface area contributed by atoms with Crippen LogP contribution in [-0.2, 0) is 4.74 Å². The van der Waals surface area contributed by atoms with Crippen LogP contribution in [0, 0.1) is 15.9 Å². The van der Waals surface area contributed by atoms with E-state index in [1.807, 2.05) is 0 Å². The lowest BCUT2D eigenvalue weighted by atomic mass is 10.3. The number of carbonyl (C=O) groups excluding carboxylic acids is 2. The lowest BCUT2D eigenvalue weighted by Crippen LogP contribution is -2.14. The Balaban J connectivity index is 1.60. The fourth-order valence-electron chi connectivity index (χ4n) is 3.45. The number of anilines is 1. The summed E-state index contributed by atoms with van der Waals surface area (Å²) in [7, 11) is 0. The molecule has 1 N–H and O–H groups in total. The topological polar surface area (TPSA) is 147 Å². The zero-order valence-electron chi connectivity index (χ0n) is 19.0. The molecule has 0 unspecified atom stereocenters. The van der Waals surface area contributed by atoms with Gasteiger partial charge in [0.15, 0.2) is 5.65 Å². The molecule has 37 heavy (non-hydrogen) atoms. The number of hydrogen-bond donors (Lipinski definition) is 1. The number of nitro groups is 1. The summed E-state index contributed by atoms with van der Waals surface area (Å²) in [6.07, 6.45) is 4.47. The average Bonchev–Trinajstić information content (AvgIpc) is 3.64. The van der Waals surface area contributed by atoms with Crippen LogP contribution in [0.15, 0.2) is 61.1 Å². The molecule has 186 valence electrons. The van der Waals surface area contributed by atoms with E-state index >= 15 is 0 Å². The number of esters is 1. The molecule has 0 saturated carbocycles. The van der Waals surface area contributed by atoms with Crippen LogP contribution in [-0.4, -0.2) is 47.7 Å². The van der Waals surface area contributed by atoms with Crippen molar-refractivity contribution in [3.8, 4) is 11.6 Å². The van der Waals surface area contributed by atoms with Crippen LogP contribution < -0.4 is 5.32 Å². The highest BCUT2D eigenvalue weighted by molar-refractivity contribution is 7.17. The van der Waals surface area contributed by atoms with E-state index in [4.69, 9.17) is 4.74 Å². The summed E-state index contributed by atoms with van der Waals surface area (Å²) in [5, 5.41) is 18.2. The Morgan fingerprint density at radius 3 is 2.65 bits per heavy atom. The second kappa shape index (κ2) is 9.58. The van der Waals surface area contributed by atoms with Crippen LogP contribution >= 0.6 is 11.3 Å². The van der Waals surface area contributed by atoms with Gasteiger partial charge in [-0.15, -0.1) is 0 Å². The van der Waals surface area contributed by atoms with Crippen molar-refractivity contribution in [3.05, 3.63) is 87.4 Å². The Bertz CT molecular complexity index is 1660. The third-order valence-corrected chi connectivity index (χ3v) is 6.19. The molecule has 0 bridgehead atoms. The molecule has 4 heterocycles. The molecule has 1 amide bonds. The molecule has 0 spiro atoms. The lowest BCUT2D eigenvalue weighted by molar-refractivity contribution is -0.380. The highest BCUT2D eigenvalue weighted by Crippen LogP contribution is 2.28. The van der Waals surface area contributed by atoms with Gasteiger partial charge in [-0.25, -0.2) is 13.9 Å². The number of nitrogens with one attached hydrogen (secondary N) is 1. The van der Waals surface area contributed by atoms with Gasteiger partial charge in [-0.3, -0.25) is 19.5 Å². The number of fused-ring (bicyclic) bond motifs is 1. The lowest BCUT2D eigenvalue weighted by Gasteiger charge is -2.09. The second-order valence-corrected chi connectivity index (χ2v) is 8.58. The molecule has 5 rings (SSSR count). The summed E-state index contributed by atoms with van der Waals surface area (Å²) < 4.78 is 21.4. The molecule has 5 aromatic rings. The number of rotatable bonds is 7. The van der Waals surface area contributed by atoms with Crippen LogP contribution in [0.1, 0.15) is 27.0 Å². The van der Waals surface area contributed by atoms with E-state index in [2.05, 4.69) is 20.4 Å². The SMILES string of the molecule is CCOC(=O)c1ccn(-c2nc(NC(=O)c3ccc([N+](=O)[O-])s3)c3cnn(-c4ccc(F)cc4)c3n2)c1. The third-order valence-electron chi connectivity index (χ3n) is 5.15. The molecule has 0 aliphatic rings. The number of carbonyl (C=O) groups is 2. The monoisotopic (exact) mass is 521 g/mol. The molecule has 0 saturated heterocycles. The van der Waals surface area contributed by atoms with Crippen LogP contribution in [0.3, 0.4) is 0 Å². The van der Waals surface area contributed by atoms with Crippen LogP contribution in [0.5, 0.6) is 0 Å². The Morgan fingerprint density at radius 2 is 1.95 bits per heavy atom. The Morgan fingerprint density at radius 1 is 1.16 bits per heavy atom. The smallest absolute Gasteiger partial charge is 0.339 e. The molecule has 0 aliphatic heterocycles. The predicted octanol–water partition coefficient (Wildman–Crippen LogP) is 4.14. The van der Waals surface area contributed by atoms with Crippen LogP contribution in [0.2, 0.25) is 0 Å². The van der Waals surface area contributed by atoms with Gasteiger partial charge in [-0.05, 0) is 43.3 Å². The number of benzene rings is 1. The van der Waals surface area contributed by atoms with Gasteiger partial charge in [0.1, 0.15) is 11.6 Å². The zero-order valence-corrected chi connectivity index (χ0v) is 19.8. The number of hydrogen-bond acceptors (Lipinski definition) is 9. The highest BCUT2D eigenvalue weighted by atomic mass is 32.1. The first kappa shape index (κ1) is 23.7. The normalized spacial score (nSPS) is 11.0. The van der Waals surface area contributed by atoms with Gasteiger partial charge < -0.3 is 10.1 Å². The van der Waals surface area contributed by atoms with Gasteiger partial charge in [0.2, 0.25) is 5.95 Å². The molecule has 0 aliphatic carbocycles. The summed E-state index contributed by atoms with van der Waals surface area (Å²) in [6.45, 7) is 1.90. The third kappa shape index (κ3) is 4.64. The van der Waals surface area contributed by atoms with E-state index < -0.39 is 22.6 Å². The standard InChI is InChI=1S/C23H16FN7O5S/c1-2-36-22(33)13-9-10-29(12-13)23-27-19(26-21(32)17-7-8-18(37-17)31(34)35)16-11-25-30(20(16)28-23)15-5-3-14(24)4-6-15/h3-12H,2H2,1H3,(H,26,27,28,32). The van der Waals surface area contributed by atoms with Crippen LogP contribution in [0.25, 0.3) is 22.7 Å². The molecule has 12 nitrogen and oxygen atoms in total. The molecule has 1 aromatic carbocycles. The van der Waals surface area contributed by atoms with Crippen molar-refractivity contribution in [3.63, 3.8) is 0 Å². The second-order valence-electron chi connectivity index (χ2n) is 7.52.